The third-order valence-corrected chi connectivity index (χ3v) is 6.11. The third kappa shape index (κ3) is 5.73. The van der Waals surface area contributed by atoms with Gasteiger partial charge in [-0.15, -0.1) is 0 Å². The summed E-state index contributed by atoms with van der Waals surface area (Å²) in [4.78, 5) is 39.3. The van der Waals surface area contributed by atoms with E-state index in [4.69, 9.17) is 14.2 Å². The minimum atomic E-state index is -0.641. The first-order valence-electron chi connectivity index (χ1n) is 11.9. The molecule has 0 spiro atoms. The standard InChI is InChI=1S/C27H29N3O6/c1-3-35-26(32)20-13-15-29(16-14-20)24(31)18-36-27(33)23-17-30(21-7-5-4-6-8-21)28-25(23)19-9-11-22(34-2)12-10-19/h4-12,17,20H,3,13-16,18H2,1-2H3. The molecule has 4 rings (SSSR count). The number of nitrogens with zero attached hydrogens (tertiary/aromatic N) is 3. The second kappa shape index (κ2) is 11.5. The van der Waals surface area contributed by atoms with Crippen LogP contribution in [0.4, 0.5) is 0 Å². The quantitative estimate of drug-likeness (QED) is 0.445. The Morgan fingerprint density at radius 3 is 2.31 bits per heavy atom. The molecule has 9 heteroatoms. The molecule has 0 atom stereocenters. The number of aromatic nitrogens is 2. The van der Waals surface area contributed by atoms with Crippen molar-refractivity contribution in [3.8, 4) is 22.7 Å². The molecular weight excluding hydrogens is 462 g/mol. The fourth-order valence-corrected chi connectivity index (χ4v) is 4.12. The van der Waals surface area contributed by atoms with Gasteiger partial charge in [-0.2, -0.15) is 5.10 Å². The Balaban J connectivity index is 1.46. The van der Waals surface area contributed by atoms with E-state index < -0.39 is 5.97 Å². The van der Waals surface area contributed by atoms with Gasteiger partial charge in [-0.1, -0.05) is 18.2 Å². The molecule has 0 saturated carbocycles. The Labute approximate surface area is 209 Å². The van der Waals surface area contributed by atoms with Gasteiger partial charge < -0.3 is 19.1 Å². The van der Waals surface area contributed by atoms with Crippen molar-refractivity contribution >= 4 is 17.8 Å². The van der Waals surface area contributed by atoms with Gasteiger partial charge in [0.25, 0.3) is 5.91 Å². The van der Waals surface area contributed by atoms with Crippen LogP contribution >= 0.6 is 0 Å². The van der Waals surface area contributed by atoms with E-state index in [1.807, 2.05) is 42.5 Å². The van der Waals surface area contributed by atoms with Crippen molar-refractivity contribution in [1.82, 2.24) is 14.7 Å². The van der Waals surface area contributed by atoms with E-state index in [-0.39, 0.29) is 30.0 Å². The summed E-state index contributed by atoms with van der Waals surface area (Å²) in [6.45, 7) is 2.56. The molecule has 0 bridgehead atoms. The number of hydrogen-bond acceptors (Lipinski definition) is 7. The first-order chi connectivity index (χ1) is 17.5. The van der Waals surface area contributed by atoms with Crippen molar-refractivity contribution in [1.29, 1.82) is 0 Å². The molecule has 2 aromatic carbocycles. The summed E-state index contributed by atoms with van der Waals surface area (Å²) in [5.41, 5.74) is 2.18. The number of hydrogen-bond donors (Lipinski definition) is 0. The van der Waals surface area contributed by atoms with Crippen LogP contribution in [0.15, 0.2) is 60.8 Å². The Hall–Kier alpha value is -4.14. The van der Waals surface area contributed by atoms with Gasteiger partial charge in [0.2, 0.25) is 0 Å². The van der Waals surface area contributed by atoms with Crippen LogP contribution in [-0.4, -0.2) is 65.9 Å². The lowest BCUT2D eigenvalue weighted by molar-refractivity contribution is -0.151. The Morgan fingerprint density at radius 2 is 1.67 bits per heavy atom. The summed E-state index contributed by atoms with van der Waals surface area (Å²) in [6, 6.07) is 16.6. The number of ether oxygens (including phenoxy) is 3. The summed E-state index contributed by atoms with van der Waals surface area (Å²) in [6.07, 6.45) is 2.67. The van der Waals surface area contributed by atoms with Gasteiger partial charge in [0.15, 0.2) is 6.61 Å². The van der Waals surface area contributed by atoms with Gasteiger partial charge in [-0.05, 0) is 56.2 Å². The van der Waals surface area contributed by atoms with Crippen molar-refractivity contribution in [2.45, 2.75) is 19.8 Å². The van der Waals surface area contributed by atoms with Crippen LogP contribution in [0.2, 0.25) is 0 Å². The fraction of sp³-hybridized carbons (Fsp3) is 0.333. The molecule has 0 radical (unpaired) electrons. The number of carbonyl (C=O) groups is 3. The highest BCUT2D eigenvalue weighted by molar-refractivity contribution is 5.97. The van der Waals surface area contributed by atoms with Crippen LogP contribution in [0.1, 0.15) is 30.1 Å². The van der Waals surface area contributed by atoms with Gasteiger partial charge in [-0.3, -0.25) is 9.59 Å². The molecule has 1 aliphatic rings. The highest BCUT2D eigenvalue weighted by Gasteiger charge is 2.29. The van der Waals surface area contributed by atoms with Gasteiger partial charge in [0, 0.05) is 24.8 Å². The van der Waals surface area contributed by atoms with Crippen molar-refractivity contribution < 1.29 is 28.6 Å². The zero-order valence-corrected chi connectivity index (χ0v) is 20.4. The summed E-state index contributed by atoms with van der Waals surface area (Å²) in [5.74, 6) is -0.683. The van der Waals surface area contributed by atoms with Gasteiger partial charge in [-0.25, -0.2) is 9.48 Å². The Bertz CT molecular complexity index is 1200. The number of amides is 1. The maximum Gasteiger partial charge on any atom is 0.342 e. The normalized spacial score (nSPS) is 13.8. The molecule has 1 fully saturated rings. The topological polar surface area (TPSA) is 100.0 Å². The van der Waals surface area contributed by atoms with E-state index in [1.165, 1.54) is 0 Å². The van der Waals surface area contributed by atoms with E-state index in [0.29, 0.717) is 49.5 Å². The molecule has 0 N–H and O–H groups in total. The Morgan fingerprint density at radius 1 is 0.972 bits per heavy atom. The summed E-state index contributed by atoms with van der Waals surface area (Å²) in [7, 11) is 1.58. The monoisotopic (exact) mass is 491 g/mol. The molecule has 0 unspecified atom stereocenters. The number of benzene rings is 2. The minimum absolute atomic E-state index is 0.201. The maximum atomic E-state index is 13.1. The van der Waals surface area contributed by atoms with Crippen molar-refractivity contribution in [3.05, 3.63) is 66.4 Å². The fourth-order valence-electron chi connectivity index (χ4n) is 4.12. The van der Waals surface area contributed by atoms with Crippen molar-refractivity contribution in [2.75, 3.05) is 33.4 Å². The summed E-state index contributed by atoms with van der Waals surface area (Å²) >= 11 is 0. The van der Waals surface area contributed by atoms with Gasteiger partial charge in [0.05, 0.1) is 25.3 Å². The van der Waals surface area contributed by atoms with Crippen molar-refractivity contribution in [2.24, 2.45) is 5.92 Å². The average molecular weight is 492 g/mol. The number of rotatable bonds is 8. The van der Waals surface area contributed by atoms with E-state index in [9.17, 15) is 14.4 Å². The van der Waals surface area contributed by atoms with Crippen molar-refractivity contribution in [3.63, 3.8) is 0 Å². The second-order valence-electron chi connectivity index (χ2n) is 8.38. The second-order valence-corrected chi connectivity index (χ2v) is 8.38. The molecule has 1 saturated heterocycles. The van der Waals surface area contributed by atoms with Crippen LogP contribution in [0.5, 0.6) is 5.75 Å². The van der Waals surface area contributed by atoms with E-state index >= 15 is 0 Å². The zero-order valence-electron chi connectivity index (χ0n) is 20.4. The molecule has 0 aliphatic carbocycles. The maximum absolute atomic E-state index is 13.1. The number of esters is 2. The number of piperidine rings is 1. The SMILES string of the molecule is CCOC(=O)C1CCN(C(=O)COC(=O)c2cn(-c3ccccc3)nc2-c2ccc(OC)cc2)CC1. The molecule has 1 aromatic heterocycles. The lowest BCUT2D eigenvalue weighted by Gasteiger charge is -2.30. The highest BCUT2D eigenvalue weighted by Crippen LogP contribution is 2.26. The van der Waals surface area contributed by atoms with E-state index in [1.54, 1.807) is 41.9 Å². The van der Waals surface area contributed by atoms with Crippen LogP contribution in [0.25, 0.3) is 16.9 Å². The lowest BCUT2D eigenvalue weighted by atomic mass is 9.97. The largest absolute Gasteiger partial charge is 0.497 e. The van der Waals surface area contributed by atoms with Crippen LogP contribution in [-0.2, 0) is 19.1 Å². The first-order valence-corrected chi connectivity index (χ1v) is 11.9. The molecule has 2 heterocycles. The molecule has 9 nitrogen and oxygen atoms in total. The molecule has 1 amide bonds. The highest BCUT2D eigenvalue weighted by atomic mass is 16.5. The predicted molar refractivity (Wildman–Crippen MR) is 132 cm³/mol. The third-order valence-electron chi connectivity index (χ3n) is 6.11. The predicted octanol–water partition coefficient (Wildman–Crippen LogP) is 3.51. The smallest absolute Gasteiger partial charge is 0.342 e. The first kappa shape index (κ1) is 25.0. The van der Waals surface area contributed by atoms with Crippen LogP contribution in [0.3, 0.4) is 0 Å². The average Bonchev–Trinajstić information content (AvgIpc) is 3.38. The van der Waals surface area contributed by atoms with Crippen LogP contribution < -0.4 is 4.74 Å². The number of likely N-dealkylation sites (tertiary alicyclic amines) is 1. The zero-order chi connectivity index (χ0) is 25.5. The molecular formula is C27H29N3O6. The minimum Gasteiger partial charge on any atom is -0.497 e. The summed E-state index contributed by atoms with van der Waals surface area (Å²) in [5, 5.41) is 4.62. The van der Waals surface area contributed by atoms with Crippen LogP contribution in [0, 0.1) is 5.92 Å². The van der Waals surface area contributed by atoms with E-state index in [0.717, 1.165) is 5.69 Å². The molecule has 188 valence electrons. The van der Waals surface area contributed by atoms with Gasteiger partial charge >= 0.3 is 11.9 Å². The van der Waals surface area contributed by atoms with Gasteiger partial charge in [0.1, 0.15) is 17.0 Å². The lowest BCUT2D eigenvalue weighted by Crippen LogP contribution is -2.42. The number of carbonyl (C=O) groups excluding carboxylic acids is 3. The molecule has 1 aliphatic heterocycles. The number of methoxy groups -OCH3 is 1. The Kier molecular flexibility index (Phi) is 7.99. The number of para-hydroxylation sites is 1. The summed E-state index contributed by atoms with van der Waals surface area (Å²) < 4.78 is 17.3. The molecule has 3 aromatic rings. The van der Waals surface area contributed by atoms with E-state index in [2.05, 4.69) is 5.10 Å². The molecule has 36 heavy (non-hydrogen) atoms.